The van der Waals surface area contributed by atoms with Gasteiger partial charge in [0.15, 0.2) is 0 Å². The molecule has 0 aliphatic rings. The molecule has 0 radical (unpaired) electrons. The molecule has 0 heterocycles. The van der Waals surface area contributed by atoms with Gasteiger partial charge in [0.05, 0.1) is 6.10 Å². The second-order valence-electron chi connectivity index (χ2n) is 5.73. The summed E-state index contributed by atoms with van der Waals surface area (Å²) in [5, 5.41) is 4.26. The van der Waals surface area contributed by atoms with Crippen LogP contribution in [0.15, 0.2) is 24.3 Å². The van der Waals surface area contributed by atoms with Crippen LogP contribution in [0.4, 0.5) is 0 Å². The van der Waals surface area contributed by atoms with Crippen molar-refractivity contribution in [3.63, 3.8) is 0 Å². The summed E-state index contributed by atoms with van der Waals surface area (Å²) in [4.78, 5) is 2.34. The minimum Gasteiger partial charge on any atom is -0.379 e. The van der Waals surface area contributed by atoms with Gasteiger partial charge in [0.1, 0.15) is 0 Å². The standard InChI is InChI=1S/C17H29ClN2O/c1-14(2)21-12-6-9-19-10-11-20(4)15(3)16-7-5-8-17(18)13-16/h5,7-8,13-15,19H,6,9-12H2,1-4H3. The maximum absolute atomic E-state index is 6.05. The number of hydrogen-bond donors (Lipinski definition) is 1. The van der Waals surface area contributed by atoms with E-state index < -0.39 is 0 Å². The molecule has 0 saturated heterocycles. The van der Waals surface area contributed by atoms with Gasteiger partial charge in [-0.05, 0) is 58.5 Å². The maximum atomic E-state index is 6.05. The summed E-state index contributed by atoms with van der Waals surface area (Å²) in [5.41, 5.74) is 1.26. The summed E-state index contributed by atoms with van der Waals surface area (Å²) in [6.07, 6.45) is 1.39. The van der Waals surface area contributed by atoms with Crippen LogP contribution in [-0.2, 0) is 4.74 Å². The maximum Gasteiger partial charge on any atom is 0.0518 e. The minimum absolute atomic E-state index is 0.328. The molecule has 1 atom stereocenters. The zero-order valence-electron chi connectivity index (χ0n) is 13.7. The smallest absolute Gasteiger partial charge is 0.0518 e. The molecule has 21 heavy (non-hydrogen) atoms. The molecule has 4 heteroatoms. The van der Waals surface area contributed by atoms with Crippen molar-refractivity contribution < 1.29 is 4.74 Å². The van der Waals surface area contributed by atoms with Crippen molar-refractivity contribution in [2.75, 3.05) is 33.3 Å². The number of halogens is 1. The number of ether oxygens (including phenoxy) is 1. The molecule has 0 aliphatic carbocycles. The predicted octanol–water partition coefficient (Wildman–Crippen LogP) is 3.74. The Bertz CT molecular complexity index is 398. The van der Waals surface area contributed by atoms with Gasteiger partial charge in [0.2, 0.25) is 0 Å². The van der Waals surface area contributed by atoms with Gasteiger partial charge in [-0.2, -0.15) is 0 Å². The third kappa shape index (κ3) is 7.82. The van der Waals surface area contributed by atoms with Crippen molar-refractivity contribution in [2.45, 2.75) is 39.3 Å². The number of rotatable bonds is 10. The second-order valence-corrected chi connectivity index (χ2v) is 6.17. The van der Waals surface area contributed by atoms with Crippen LogP contribution in [0.25, 0.3) is 0 Å². The highest BCUT2D eigenvalue weighted by Crippen LogP contribution is 2.21. The molecule has 1 N–H and O–H groups in total. The average molecular weight is 313 g/mol. The SMILES string of the molecule is CC(C)OCCCNCCN(C)C(C)c1cccc(Cl)c1. The van der Waals surface area contributed by atoms with E-state index in [1.807, 2.05) is 18.2 Å². The fourth-order valence-electron chi connectivity index (χ4n) is 2.11. The highest BCUT2D eigenvalue weighted by Gasteiger charge is 2.11. The van der Waals surface area contributed by atoms with Gasteiger partial charge in [0, 0.05) is 30.8 Å². The van der Waals surface area contributed by atoms with E-state index in [-0.39, 0.29) is 0 Å². The third-order valence-electron chi connectivity index (χ3n) is 3.58. The number of nitrogens with zero attached hydrogens (tertiary/aromatic N) is 1. The van der Waals surface area contributed by atoms with E-state index in [1.54, 1.807) is 0 Å². The van der Waals surface area contributed by atoms with Gasteiger partial charge in [-0.3, -0.25) is 4.90 Å². The van der Waals surface area contributed by atoms with Gasteiger partial charge >= 0.3 is 0 Å². The summed E-state index contributed by atoms with van der Waals surface area (Å²) < 4.78 is 5.51. The molecular weight excluding hydrogens is 284 g/mol. The van der Waals surface area contributed by atoms with E-state index in [1.165, 1.54) is 5.56 Å². The van der Waals surface area contributed by atoms with E-state index in [4.69, 9.17) is 16.3 Å². The van der Waals surface area contributed by atoms with Crippen LogP contribution in [0, 0.1) is 0 Å². The Balaban J connectivity index is 2.17. The molecule has 1 aromatic carbocycles. The summed E-state index contributed by atoms with van der Waals surface area (Å²) in [5.74, 6) is 0. The van der Waals surface area contributed by atoms with Crippen LogP contribution >= 0.6 is 11.6 Å². The first-order valence-corrected chi connectivity index (χ1v) is 8.16. The molecule has 1 rings (SSSR count). The molecule has 0 saturated carbocycles. The molecule has 120 valence electrons. The largest absolute Gasteiger partial charge is 0.379 e. The van der Waals surface area contributed by atoms with Crippen LogP contribution in [0.2, 0.25) is 5.02 Å². The summed E-state index contributed by atoms with van der Waals surface area (Å²) in [6, 6.07) is 8.46. The third-order valence-corrected chi connectivity index (χ3v) is 3.82. The van der Waals surface area contributed by atoms with E-state index in [9.17, 15) is 0 Å². The van der Waals surface area contributed by atoms with E-state index >= 15 is 0 Å². The van der Waals surface area contributed by atoms with E-state index in [2.05, 4.69) is 44.1 Å². The zero-order valence-corrected chi connectivity index (χ0v) is 14.5. The van der Waals surface area contributed by atoms with Gasteiger partial charge in [-0.25, -0.2) is 0 Å². The molecule has 1 aromatic rings. The molecule has 0 amide bonds. The highest BCUT2D eigenvalue weighted by atomic mass is 35.5. The van der Waals surface area contributed by atoms with Crippen molar-refractivity contribution in [1.29, 1.82) is 0 Å². The number of benzene rings is 1. The number of nitrogens with one attached hydrogen (secondary N) is 1. The topological polar surface area (TPSA) is 24.5 Å². The Labute approximate surface area is 134 Å². The normalized spacial score (nSPS) is 13.1. The average Bonchev–Trinajstić information content (AvgIpc) is 2.45. The molecule has 0 spiro atoms. The van der Waals surface area contributed by atoms with Crippen LogP contribution in [0.1, 0.15) is 38.8 Å². The number of hydrogen-bond acceptors (Lipinski definition) is 3. The van der Waals surface area contributed by atoms with Gasteiger partial charge in [-0.1, -0.05) is 23.7 Å². The molecule has 3 nitrogen and oxygen atoms in total. The van der Waals surface area contributed by atoms with E-state index in [0.29, 0.717) is 12.1 Å². The van der Waals surface area contributed by atoms with E-state index in [0.717, 1.165) is 37.7 Å². The lowest BCUT2D eigenvalue weighted by atomic mass is 10.1. The van der Waals surface area contributed by atoms with Crippen molar-refractivity contribution in [3.05, 3.63) is 34.9 Å². The molecule has 0 aliphatic heterocycles. The van der Waals surface area contributed by atoms with Crippen molar-refractivity contribution >= 4 is 11.6 Å². The van der Waals surface area contributed by atoms with Crippen LogP contribution in [-0.4, -0.2) is 44.3 Å². The monoisotopic (exact) mass is 312 g/mol. The first-order chi connectivity index (χ1) is 10.0. The quantitative estimate of drug-likeness (QED) is 0.666. The van der Waals surface area contributed by atoms with Crippen LogP contribution in [0.3, 0.4) is 0 Å². The fourth-order valence-corrected chi connectivity index (χ4v) is 2.31. The lowest BCUT2D eigenvalue weighted by Gasteiger charge is -2.25. The molecule has 0 fully saturated rings. The van der Waals surface area contributed by atoms with Crippen LogP contribution in [0.5, 0.6) is 0 Å². The Morgan fingerprint density at radius 2 is 2.00 bits per heavy atom. The first-order valence-electron chi connectivity index (χ1n) is 7.78. The van der Waals surface area contributed by atoms with Crippen molar-refractivity contribution in [1.82, 2.24) is 10.2 Å². The Hall–Kier alpha value is -0.610. The Morgan fingerprint density at radius 1 is 1.24 bits per heavy atom. The molecular formula is C17H29ClN2O. The lowest BCUT2D eigenvalue weighted by Crippen LogP contribution is -2.32. The Kier molecular flexibility index (Phi) is 8.93. The molecule has 0 bridgehead atoms. The number of likely N-dealkylation sites (N-methyl/N-ethyl adjacent to an activating group) is 1. The Morgan fingerprint density at radius 3 is 2.67 bits per heavy atom. The van der Waals surface area contributed by atoms with Gasteiger partial charge < -0.3 is 10.1 Å². The van der Waals surface area contributed by atoms with Crippen LogP contribution < -0.4 is 5.32 Å². The predicted molar refractivity (Wildman–Crippen MR) is 91.1 cm³/mol. The van der Waals surface area contributed by atoms with Gasteiger partial charge in [-0.15, -0.1) is 0 Å². The lowest BCUT2D eigenvalue weighted by molar-refractivity contribution is 0.0770. The fraction of sp³-hybridized carbons (Fsp3) is 0.647. The van der Waals surface area contributed by atoms with Gasteiger partial charge in [0.25, 0.3) is 0 Å². The summed E-state index contributed by atoms with van der Waals surface area (Å²) >= 11 is 6.05. The molecule has 0 aromatic heterocycles. The van der Waals surface area contributed by atoms with Crippen molar-refractivity contribution in [3.8, 4) is 0 Å². The highest BCUT2D eigenvalue weighted by molar-refractivity contribution is 6.30. The summed E-state index contributed by atoms with van der Waals surface area (Å²) in [7, 11) is 2.15. The second kappa shape index (κ2) is 10.2. The zero-order chi connectivity index (χ0) is 15.7. The van der Waals surface area contributed by atoms with Crippen molar-refractivity contribution in [2.24, 2.45) is 0 Å². The molecule has 1 unspecified atom stereocenters. The first kappa shape index (κ1) is 18.4. The minimum atomic E-state index is 0.328. The summed E-state index contributed by atoms with van der Waals surface area (Å²) in [6.45, 7) is 10.2.